The largest absolute Gasteiger partial charge is 0.475 e. The number of carboxylic acids is 1. The van der Waals surface area contributed by atoms with Gasteiger partial charge in [-0.15, -0.1) is 0 Å². The van der Waals surface area contributed by atoms with Crippen molar-refractivity contribution in [3.05, 3.63) is 17.3 Å². The van der Waals surface area contributed by atoms with E-state index in [0.717, 1.165) is 18.8 Å². The molecule has 0 unspecified atom stereocenters. The fraction of sp³-hybridized carbons (Fsp3) is 0.714. The summed E-state index contributed by atoms with van der Waals surface area (Å²) in [5, 5.41) is 9.13. The quantitative estimate of drug-likeness (QED) is 0.887. The highest BCUT2D eigenvalue weighted by Gasteiger charge is 2.28. The summed E-state index contributed by atoms with van der Waals surface area (Å²) in [4.78, 5) is 15.6. The van der Waals surface area contributed by atoms with Crippen LogP contribution in [0.1, 0.15) is 80.4 Å². The molecule has 0 radical (unpaired) electrons. The van der Waals surface area contributed by atoms with Crippen LogP contribution in [0.3, 0.4) is 0 Å². The molecule has 0 aromatic carbocycles. The lowest BCUT2D eigenvalue weighted by molar-refractivity contribution is 0.0656. The van der Waals surface area contributed by atoms with Gasteiger partial charge in [0.1, 0.15) is 0 Å². The van der Waals surface area contributed by atoms with Crippen LogP contribution < -0.4 is 0 Å². The molecule has 1 aromatic rings. The summed E-state index contributed by atoms with van der Waals surface area (Å²) >= 11 is 0. The van der Waals surface area contributed by atoms with Crippen LogP contribution in [-0.4, -0.2) is 16.1 Å². The van der Waals surface area contributed by atoms with E-state index < -0.39 is 5.97 Å². The Kier molecular flexibility index (Phi) is 3.73. The maximum Gasteiger partial charge on any atom is 0.373 e. The van der Waals surface area contributed by atoms with Gasteiger partial charge in [0, 0.05) is 5.92 Å². The monoisotopic (exact) mass is 251 g/mol. The Bertz CT molecular complexity index is 428. The normalized spacial score (nSPS) is 24.4. The molecule has 0 aliphatic heterocycles. The summed E-state index contributed by atoms with van der Waals surface area (Å²) in [5.41, 5.74) is 0.580. The summed E-state index contributed by atoms with van der Waals surface area (Å²) in [6.45, 7) is 6.14. The first-order chi connectivity index (χ1) is 8.49. The minimum absolute atomic E-state index is 0.0265. The van der Waals surface area contributed by atoms with Crippen molar-refractivity contribution in [3.63, 3.8) is 0 Å². The Labute approximate surface area is 107 Å². The molecule has 2 rings (SSSR count). The fourth-order valence-corrected chi connectivity index (χ4v) is 2.58. The lowest BCUT2D eigenvalue weighted by Crippen LogP contribution is -2.11. The highest BCUT2D eigenvalue weighted by atomic mass is 16.4. The van der Waals surface area contributed by atoms with Crippen molar-refractivity contribution in [1.82, 2.24) is 4.98 Å². The van der Waals surface area contributed by atoms with Gasteiger partial charge in [0.2, 0.25) is 5.76 Å². The van der Waals surface area contributed by atoms with E-state index in [1.165, 1.54) is 12.8 Å². The fourth-order valence-electron chi connectivity index (χ4n) is 2.58. The van der Waals surface area contributed by atoms with Gasteiger partial charge < -0.3 is 9.52 Å². The Hall–Kier alpha value is -1.32. The van der Waals surface area contributed by atoms with Crippen LogP contribution in [0.4, 0.5) is 0 Å². The van der Waals surface area contributed by atoms with Crippen LogP contribution in [0.15, 0.2) is 4.42 Å². The first kappa shape index (κ1) is 13.1. The lowest BCUT2D eigenvalue weighted by atomic mass is 9.83. The Balaban J connectivity index is 2.24. The number of aromatic nitrogens is 1. The second-order valence-corrected chi connectivity index (χ2v) is 5.68. The predicted molar refractivity (Wildman–Crippen MR) is 67.9 cm³/mol. The van der Waals surface area contributed by atoms with Gasteiger partial charge in [-0.1, -0.05) is 20.8 Å². The number of rotatable bonds is 3. The first-order valence-electron chi connectivity index (χ1n) is 6.73. The standard InChI is InChI=1S/C14H21NO3/c1-8(2)11-12(14(16)17)18-13(15-11)10-6-4-9(3)5-7-10/h8-10H,4-7H2,1-3H3,(H,16,17). The highest BCUT2D eigenvalue weighted by molar-refractivity contribution is 5.85. The maximum atomic E-state index is 11.1. The number of aromatic carboxylic acids is 1. The van der Waals surface area contributed by atoms with Crippen molar-refractivity contribution in [2.45, 2.75) is 58.3 Å². The van der Waals surface area contributed by atoms with Crippen molar-refractivity contribution in [1.29, 1.82) is 0 Å². The van der Waals surface area contributed by atoms with Crippen LogP contribution in [0.5, 0.6) is 0 Å². The van der Waals surface area contributed by atoms with E-state index in [9.17, 15) is 4.79 Å². The van der Waals surface area contributed by atoms with Crippen LogP contribution >= 0.6 is 0 Å². The molecule has 1 aromatic heterocycles. The Morgan fingerprint density at radius 2 is 1.94 bits per heavy atom. The van der Waals surface area contributed by atoms with E-state index in [4.69, 9.17) is 9.52 Å². The zero-order valence-corrected chi connectivity index (χ0v) is 11.3. The molecule has 100 valence electrons. The van der Waals surface area contributed by atoms with Crippen LogP contribution in [0.2, 0.25) is 0 Å². The molecule has 1 heterocycles. The van der Waals surface area contributed by atoms with Gasteiger partial charge in [0.05, 0.1) is 5.69 Å². The Morgan fingerprint density at radius 3 is 2.39 bits per heavy atom. The van der Waals surface area contributed by atoms with Gasteiger partial charge in [0.15, 0.2) is 5.89 Å². The molecule has 1 N–H and O–H groups in total. The molecule has 4 heteroatoms. The summed E-state index contributed by atoms with van der Waals surface area (Å²) in [7, 11) is 0. The average molecular weight is 251 g/mol. The molecular formula is C14H21NO3. The summed E-state index contributed by atoms with van der Waals surface area (Å²) in [5.74, 6) is 0.783. The van der Waals surface area contributed by atoms with E-state index in [0.29, 0.717) is 17.5 Å². The number of hydrogen-bond donors (Lipinski definition) is 1. The molecule has 0 bridgehead atoms. The maximum absolute atomic E-state index is 11.1. The average Bonchev–Trinajstić information content (AvgIpc) is 2.75. The first-order valence-corrected chi connectivity index (χ1v) is 6.73. The number of oxazole rings is 1. The third-order valence-electron chi connectivity index (χ3n) is 3.78. The zero-order chi connectivity index (χ0) is 13.3. The smallest absolute Gasteiger partial charge is 0.373 e. The molecule has 1 fully saturated rings. The molecule has 0 amide bonds. The highest BCUT2D eigenvalue weighted by Crippen LogP contribution is 2.36. The van der Waals surface area contributed by atoms with Crippen molar-refractivity contribution in [2.24, 2.45) is 5.92 Å². The van der Waals surface area contributed by atoms with Crippen molar-refractivity contribution >= 4 is 5.97 Å². The second-order valence-electron chi connectivity index (χ2n) is 5.68. The van der Waals surface area contributed by atoms with Crippen molar-refractivity contribution in [2.75, 3.05) is 0 Å². The van der Waals surface area contributed by atoms with E-state index in [-0.39, 0.29) is 11.7 Å². The number of nitrogens with zero attached hydrogens (tertiary/aromatic N) is 1. The van der Waals surface area contributed by atoms with Crippen LogP contribution in [-0.2, 0) is 0 Å². The molecule has 0 atom stereocenters. The third-order valence-corrected chi connectivity index (χ3v) is 3.78. The van der Waals surface area contributed by atoms with E-state index >= 15 is 0 Å². The molecule has 4 nitrogen and oxygen atoms in total. The summed E-state index contributed by atoms with van der Waals surface area (Å²) in [6.07, 6.45) is 4.45. The van der Waals surface area contributed by atoms with Gasteiger partial charge in [-0.25, -0.2) is 9.78 Å². The topological polar surface area (TPSA) is 63.3 Å². The molecule has 1 aliphatic rings. The number of carboxylic acid groups (broad SMARTS) is 1. The second kappa shape index (κ2) is 5.12. The molecular weight excluding hydrogens is 230 g/mol. The number of carbonyl (C=O) groups is 1. The molecule has 0 spiro atoms. The van der Waals surface area contributed by atoms with Crippen molar-refractivity contribution in [3.8, 4) is 0 Å². The van der Waals surface area contributed by atoms with E-state index in [1.54, 1.807) is 0 Å². The van der Waals surface area contributed by atoms with Crippen LogP contribution in [0, 0.1) is 5.92 Å². The lowest BCUT2D eigenvalue weighted by Gasteiger charge is -2.23. The minimum Gasteiger partial charge on any atom is -0.475 e. The third kappa shape index (κ3) is 2.57. The molecule has 1 aliphatic carbocycles. The van der Waals surface area contributed by atoms with Gasteiger partial charge in [-0.3, -0.25) is 0 Å². The van der Waals surface area contributed by atoms with E-state index in [2.05, 4.69) is 11.9 Å². The molecule has 0 saturated heterocycles. The SMILES string of the molecule is CC1CCC(c2nc(C(C)C)c(C(=O)O)o2)CC1. The van der Waals surface area contributed by atoms with Crippen LogP contribution in [0.25, 0.3) is 0 Å². The number of hydrogen-bond acceptors (Lipinski definition) is 3. The molecule has 1 saturated carbocycles. The van der Waals surface area contributed by atoms with Gasteiger partial charge in [0.25, 0.3) is 0 Å². The minimum atomic E-state index is -1.01. The van der Waals surface area contributed by atoms with E-state index in [1.807, 2.05) is 13.8 Å². The summed E-state index contributed by atoms with van der Waals surface area (Å²) in [6, 6.07) is 0. The van der Waals surface area contributed by atoms with Crippen molar-refractivity contribution < 1.29 is 14.3 Å². The van der Waals surface area contributed by atoms with Gasteiger partial charge in [-0.2, -0.15) is 0 Å². The van der Waals surface area contributed by atoms with Gasteiger partial charge in [-0.05, 0) is 37.5 Å². The summed E-state index contributed by atoms with van der Waals surface area (Å²) < 4.78 is 5.50. The van der Waals surface area contributed by atoms with Gasteiger partial charge >= 0.3 is 5.97 Å². The predicted octanol–water partition coefficient (Wildman–Crippen LogP) is 3.79. The zero-order valence-electron chi connectivity index (χ0n) is 11.3. The molecule has 18 heavy (non-hydrogen) atoms. The Morgan fingerprint density at radius 1 is 1.33 bits per heavy atom.